The zero-order valence-electron chi connectivity index (χ0n) is 13.6. The molecule has 2 amide bonds. The number of nitrogens with zero attached hydrogens (tertiary/aromatic N) is 3. The number of ether oxygens (including phenoxy) is 1. The zero-order chi connectivity index (χ0) is 17.9. The molecule has 0 unspecified atom stereocenters. The van der Waals surface area contributed by atoms with Gasteiger partial charge in [0.25, 0.3) is 5.91 Å². The molecule has 1 fully saturated rings. The van der Waals surface area contributed by atoms with Crippen molar-refractivity contribution in [3.05, 3.63) is 22.7 Å². The molecular weight excluding hydrogens is 339 g/mol. The normalized spacial score (nSPS) is 14.2. The van der Waals surface area contributed by atoms with Crippen LogP contribution in [0.1, 0.15) is 30.1 Å². The van der Waals surface area contributed by atoms with Crippen molar-refractivity contribution in [1.82, 2.24) is 14.8 Å². The number of carbonyl (C=O) groups excluding carboxylic acids is 2. The number of nitrogen functional groups attached to an aromatic ring is 1. The number of nitrogens with two attached hydrogens (primary N) is 1. The number of amides is 2. The molecule has 0 saturated carbocycles. The second-order valence-electron chi connectivity index (χ2n) is 5.63. The van der Waals surface area contributed by atoms with E-state index in [9.17, 15) is 14.0 Å². The molecule has 2 rings (SSSR count). The van der Waals surface area contributed by atoms with Gasteiger partial charge in [-0.2, -0.15) is 0 Å². The second kappa shape index (κ2) is 7.65. The molecule has 0 atom stereocenters. The van der Waals surface area contributed by atoms with E-state index in [1.807, 2.05) is 6.92 Å². The summed E-state index contributed by atoms with van der Waals surface area (Å²) >= 11 is 5.52. The fourth-order valence-corrected chi connectivity index (χ4v) is 2.39. The number of likely N-dealkylation sites (N-methyl/N-ethyl adjacent to an activating group) is 1. The van der Waals surface area contributed by atoms with E-state index in [-0.39, 0.29) is 22.4 Å². The van der Waals surface area contributed by atoms with Gasteiger partial charge >= 0.3 is 6.09 Å². The standard InChI is InChI=1S/C15H20ClFN4O3/c1-3-4-5-24-15(23)20(2)9-7-21(8-9)14(22)10-6-19-13(16)11(17)12(10)18/h6,9H,3-5,7-8H2,1-2H3,(H2,18,19). The first-order valence-electron chi connectivity index (χ1n) is 7.65. The van der Waals surface area contributed by atoms with Crippen LogP contribution in [0.15, 0.2) is 6.20 Å². The van der Waals surface area contributed by atoms with Crippen LogP contribution in [0.2, 0.25) is 5.15 Å². The molecular formula is C15H20ClFN4O3. The van der Waals surface area contributed by atoms with E-state index < -0.39 is 17.8 Å². The molecule has 0 spiro atoms. The summed E-state index contributed by atoms with van der Waals surface area (Å²) < 4.78 is 18.8. The molecule has 2 heterocycles. The molecule has 1 aromatic rings. The Balaban J connectivity index is 1.91. The number of hydrogen-bond acceptors (Lipinski definition) is 5. The number of unbranched alkanes of at least 4 members (excludes halogenated alkanes) is 1. The average Bonchev–Trinajstić information content (AvgIpc) is 2.51. The van der Waals surface area contributed by atoms with Gasteiger partial charge in [0, 0.05) is 26.3 Å². The van der Waals surface area contributed by atoms with Gasteiger partial charge < -0.3 is 20.3 Å². The number of halogens is 2. The highest BCUT2D eigenvalue weighted by molar-refractivity contribution is 6.30. The zero-order valence-corrected chi connectivity index (χ0v) is 14.3. The Bertz CT molecular complexity index is 637. The van der Waals surface area contributed by atoms with Gasteiger partial charge in [0.05, 0.1) is 23.9 Å². The first kappa shape index (κ1) is 18.3. The molecule has 1 saturated heterocycles. The topological polar surface area (TPSA) is 88.8 Å². The number of carbonyl (C=O) groups is 2. The SMILES string of the molecule is CCCCOC(=O)N(C)C1CN(C(=O)c2cnc(Cl)c(F)c2N)C1. The van der Waals surface area contributed by atoms with Crippen molar-refractivity contribution >= 4 is 29.3 Å². The Hall–Kier alpha value is -2.09. The quantitative estimate of drug-likeness (QED) is 0.643. The van der Waals surface area contributed by atoms with Gasteiger partial charge in [-0.15, -0.1) is 0 Å². The summed E-state index contributed by atoms with van der Waals surface area (Å²) in [6, 6.07) is -0.144. The second-order valence-corrected chi connectivity index (χ2v) is 5.99. The van der Waals surface area contributed by atoms with Crippen molar-refractivity contribution in [2.75, 3.05) is 32.5 Å². The summed E-state index contributed by atoms with van der Waals surface area (Å²) in [5, 5.41) is -0.375. The number of rotatable bonds is 5. The molecule has 0 aliphatic carbocycles. The van der Waals surface area contributed by atoms with Crippen molar-refractivity contribution in [2.24, 2.45) is 0 Å². The fraction of sp³-hybridized carbons (Fsp3) is 0.533. The lowest BCUT2D eigenvalue weighted by Gasteiger charge is -2.43. The highest BCUT2D eigenvalue weighted by Gasteiger charge is 2.37. The maximum absolute atomic E-state index is 13.6. The number of aromatic nitrogens is 1. The van der Waals surface area contributed by atoms with Gasteiger partial charge in [-0.3, -0.25) is 4.79 Å². The Morgan fingerprint density at radius 3 is 2.83 bits per heavy atom. The van der Waals surface area contributed by atoms with Gasteiger partial charge in [0.2, 0.25) is 0 Å². The summed E-state index contributed by atoms with van der Waals surface area (Å²) in [6.07, 6.45) is 2.48. The van der Waals surface area contributed by atoms with Crippen LogP contribution >= 0.6 is 11.6 Å². The van der Waals surface area contributed by atoms with Gasteiger partial charge in [-0.05, 0) is 6.42 Å². The minimum Gasteiger partial charge on any atom is -0.449 e. The van der Waals surface area contributed by atoms with Gasteiger partial charge in [-0.1, -0.05) is 24.9 Å². The summed E-state index contributed by atoms with van der Waals surface area (Å²) in [4.78, 5) is 30.7. The average molecular weight is 359 g/mol. The first-order chi connectivity index (χ1) is 11.4. The highest BCUT2D eigenvalue weighted by Crippen LogP contribution is 2.25. The molecule has 2 N–H and O–H groups in total. The maximum atomic E-state index is 13.6. The molecule has 9 heteroatoms. The lowest BCUT2D eigenvalue weighted by atomic mass is 10.1. The number of hydrogen-bond donors (Lipinski definition) is 1. The highest BCUT2D eigenvalue weighted by atomic mass is 35.5. The van der Waals surface area contributed by atoms with Crippen LogP contribution in [-0.2, 0) is 4.74 Å². The summed E-state index contributed by atoms with van der Waals surface area (Å²) in [5.74, 6) is -1.35. The molecule has 1 aromatic heterocycles. The van der Waals surface area contributed by atoms with Crippen LogP contribution in [0.4, 0.5) is 14.9 Å². The van der Waals surface area contributed by atoms with E-state index in [4.69, 9.17) is 22.1 Å². The van der Waals surface area contributed by atoms with Crippen molar-refractivity contribution in [3.8, 4) is 0 Å². The molecule has 0 aromatic carbocycles. The molecule has 1 aliphatic heterocycles. The summed E-state index contributed by atoms with van der Waals surface area (Å²) in [7, 11) is 1.62. The minimum atomic E-state index is -0.906. The van der Waals surface area contributed by atoms with Gasteiger partial charge in [0.15, 0.2) is 11.0 Å². The molecule has 132 valence electrons. The lowest BCUT2D eigenvalue weighted by molar-refractivity contribution is 0.0274. The van der Waals surface area contributed by atoms with E-state index in [1.54, 1.807) is 7.05 Å². The monoisotopic (exact) mass is 358 g/mol. The number of anilines is 1. The van der Waals surface area contributed by atoms with Crippen molar-refractivity contribution in [2.45, 2.75) is 25.8 Å². The molecule has 0 radical (unpaired) electrons. The number of pyridine rings is 1. The third-order valence-electron chi connectivity index (χ3n) is 3.95. The smallest absolute Gasteiger partial charge is 0.409 e. The molecule has 0 bridgehead atoms. The van der Waals surface area contributed by atoms with Crippen LogP contribution in [-0.4, -0.2) is 59.6 Å². The Morgan fingerprint density at radius 2 is 2.21 bits per heavy atom. The lowest BCUT2D eigenvalue weighted by Crippen LogP contribution is -2.61. The van der Waals surface area contributed by atoms with Crippen LogP contribution < -0.4 is 5.73 Å². The van der Waals surface area contributed by atoms with Crippen LogP contribution in [0.5, 0.6) is 0 Å². The van der Waals surface area contributed by atoms with E-state index in [0.29, 0.717) is 19.7 Å². The Kier molecular flexibility index (Phi) is 5.82. The van der Waals surface area contributed by atoms with E-state index in [0.717, 1.165) is 19.0 Å². The number of likely N-dealkylation sites (tertiary alicyclic amines) is 1. The summed E-state index contributed by atoms with van der Waals surface area (Å²) in [6.45, 7) is 3.03. The molecule has 24 heavy (non-hydrogen) atoms. The predicted octanol–water partition coefficient (Wildman–Crippen LogP) is 2.15. The third-order valence-corrected chi connectivity index (χ3v) is 4.22. The van der Waals surface area contributed by atoms with Crippen molar-refractivity contribution in [3.63, 3.8) is 0 Å². The van der Waals surface area contributed by atoms with E-state index in [1.165, 1.54) is 9.80 Å². The predicted molar refractivity (Wildman–Crippen MR) is 87.3 cm³/mol. The van der Waals surface area contributed by atoms with E-state index >= 15 is 0 Å². The van der Waals surface area contributed by atoms with Crippen molar-refractivity contribution in [1.29, 1.82) is 0 Å². The Morgan fingerprint density at radius 1 is 1.54 bits per heavy atom. The third kappa shape index (κ3) is 3.69. The Labute approximate surface area is 144 Å². The minimum absolute atomic E-state index is 0.0384. The van der Waals surface area contributed by atoms with Crippen molar-refractivity contribution < 1.29 is 18.7 Å². The summed E-state index contributed by atoms with van der Waals surface area (Å²) in [5.41, 5.74) is 5.22. The molecule has 1 aliphatic rings. The van der Waals surface area contributed by atoms with Gasteiger partial charge in [0.1, 0.15) is 0 Å². The van der Waals surface area contributed by atoms with E-state index in [2.05, 4.69) is 4.98 Å². The first-order valence-corrected chi connectivity index (χ1v) is 8.02. The fourth-order valence-electron chi connectivity index (χ4n) is 2.24. The molecule has 7 nitrogen and oxygen atoms in total. The van der Waals surface area contributed by atoms with Crippen LogP contribution in [0.25, 0.3) is 0 Å². The largest absolute Gasteiger partial charge is 0.449 e. The maximum Gasteiger partial charge on any atom is 0.409 e. The van der Waals surface area contributed by atoms with Gasteiger partial charge in [-0.25, -0.2) is 14.2 Å². The van der Waals surface area contributed by atoms with Crippen LogP contribution in [0.3, 0.4) is 0 Å². The van der Waals surface area contributed by atoms with Crippen LogP contribution in [0, 0.1) is 5.82 Å².